The highest BCUT2D eigenvalue weighted by molar-refractivity contribution is 7.91. The summed E-state index contributed by atoms with van der Waals surface area (Å²) in [5, 5.41) is 0. The first-order valence-corrected chi connectivity index (χ1v) is 12.6. The molecule has 0 radical (unpaired) electrons. The van der Waals surface area contributed by atoms with E-state index in [0.29, 0.717) is 29.3 Å². The molecule has 1 atom stereocenters. The second-order valence-electron chi connectivity index (χ2n) is 8.76. The van der Waals surface area contributed by atoms with Crippen LogP contribution in [-0.4, -0.2) is 49.5 Å². The van der Waals surface area contributed by atoms with Crippen molar-refractivity contribution in [1.82, 2.24) is 4.57 Å². The summed E-state index contributed by atoms with van der Waals surface area (Å²) in [4.78, 5) is 24.7. The third-order valence-corrected chi connectivity index (χ3v) is 7.69. The SMILES string of the molecule is Cc1cc(OCC(=O)OCC(=O)c2cc(C)n(C3CCS(=O)(=O)C3)c2C)ccc1C(C)C. The molecule has 174 valence electrons. The molecule has 0 bridgehead atoms. The summed E-state index contributed by atoms with van der Waals surface area (Å²) in [5.74, 6) is 0.275. The number of Topliss-reactive ketones (excluding diaryl/α,β-unsaturated/α-hetero) is 1. The summed E-state index contributed by atoms with van der Waals surface area (Å²) in [6.07, 6.45) is 0.538. The fourth-order valence-corrected chi connectivity index (χ4v) is 6.09. The van der Waals surface area contributed by atoms with E-state index in [9.17, 15) is 18.0 Å². The zero-order valence-corrected chi connectivity index (χ0v) is 20.1. The zero-order chi connectivity index (χ0) is 23.6. The number of nitrogens with zero attached hydrogens (tertiary/aromatic N) is 1. The van der Waals surface area contributed by atoms with E-state index in [-0.39, 0.29) is 36.5 Å². The minimum atomic E-state index is -3.04. The molecule has 0 saturated carbocycles. The quantitative estimate of drug-likeness (QED) is 0.440. The number of esters is 1. The molecule has 1 saturated heterocycles. The van der Waals surface area contributed by atoms with Gasteiger partial charge in [0, 0.05) is 23.0 Å². The summed E-state index contributed by atoms with van der Waals surface area (Å²) in [6, 6.07) is 7.25. The number of ether oxygens (including phenoxy) is 2. The van der Waals surface area contributed by atoms with Crippen LogP contribution in [0, 0.1) is 20.8 Å². The van der Waals surface area contributed by atoms with Gasteiger partial charge in [-0.2, -0.15) is 0 Å². The van der Waals surface area contributed by atoms with Gasteiger partial charge < -0.3 is 14.0 Å². The van der Waals surface area contributed by atoms with Crippen LogP contribution < -0.4 is 4.74 Å². The number of carbonyl (C=O) groups is 2. The number of ketones is 1. The Kier molecular flexibility index (Phi) is 7.12. The Hall–Kier alpha value is -2.61. The van der Waals surface area contributed by atoms with Crippen molar-refractivity contribution >= 4 is 21.6 Å². The van der Waals surface area contributed by atoms with Gasteiger partial charge in [-0.1, -0.05) is 19.9 Å². The molecular formula is C24H31NO6S. The van der Waals surface area contributed by atoms with Crippen molar-refractivity contribution in [1.29, 1.82) is 0 Å². The summed E-state index contributed by atoms with van der Waals surface area (Å²) in [5.41, 5.74) is 4.27. The second kappa shape index (κ2) is 9.48. The molecule has 2 heterocycles. The molecule has 0 amide bonds. The van der Waals surface area contributed by atoms with Crippen molar-refractivity contribution in [2.24, 2.45) is 0 Å². The number of rotatable bonds is 8. The molecule has 0 spiro atoms. The summed E-state index contributed by atoms with van der Waals surface area (Å²) < 4.78 is 36.2. The van der Waals surface area contributed by atoms with Gasteiger partial charge in [-0.05, 0) is 62.4 Å². The van der Waals surface area contributed by atoms with E-state index < -0.39 is 15.8 Å². The van der Waals surface area contributed by atoms with Crippen molar-refractivity contribution in [2.45, 2.75) is 53.0 Å². The van der Waals surface area contributed by atoms with E-state index in [2.05, 4.69) is 13.8 Å². The summed E-state index contributed by atoms with van der Waals surface area (Å²) in [7, 11) is -3.04. The maximum Gasteiger partial charge on any atom is 0.344 e. The average molecular weight is 462 g/mol. The Bertz CT molecular complexity index is 1130. The lowest BCUT2D eigenvalue weighted by atomic mass is 9.98. The molecule has 0 aliphatic carbocycles. The van der Waals surface area contributed by atoms with Gasteiger partial charge in [0.15, 0.2) is 23.1 Å². The summed E-state index contributed by atoms with van der Waals surface area (Å²) in [6.45, 7) is 9.19. The number of sulfone groups is 1. The molecule has 1 aliphatic rings. The van der Waals surface area contributed by atoms with Crippen LogP contribution in [0.5, 0.6) is 5.75 Å². The monoisotopic (exact) mass is 461 g/mol. The van der Waals surface area contributed by atoms with Crippen LogP contribution in [-0.2, 0) is 19.4 Å². The van der Waals surface area contributed by atoms with E-state index in [1.54, 1.807) is 13.0 Å². The van der Waals surface area contributed by atoms with E-state index in [4.69, 9.17) is 9.47 Å². The Balaban J connectivity index is 1.56. The second-order valence-corrected chi connectivity index (χ2v) is 11.0. The normalized spacial score (nSPS) is 17.5. The van der Waals surface area contributed by atoms with Crippen molar-refractivity contribution in [3.8, 4) is 5.75 Å². The van der Waals surface area contributed by atoms with E-state index >= 15 is 0 Å². The fraction of sp³-hybridized carbons (Fsp3) is 0.500. The molecule has 0 N–H and O–H groups in total. The van der Waals surface area contributed by atoms with Gasteiger partial charge in [0.1, 0.15) is 5.75 Å². The van der Waals surface area contributed by atoms with Crippen molar-refractivity contribution in [3.63, 3.8) is 0 Å². The molecule has 1 unspecified atom stereocenters. The number of benzene rings is 1. The summed E-state index contributed by atoms with van der Waals surface area (Å²) >= 11 is 0. The first kappa shape index (κ1) is 24.0. The van der Waals surface area contributed by atoms with Gasteiger partial charge in [-0.15, -0.1) is 0 Å². The predicted molar refractivity (Wildman–Crippen MR) is 122 cm³/mol. The Labute approximate surface area is 189 Å². The molecule has 1 aromatic carbocycles. The average Bonchev–Trinajstić information content (AvgIpc) is 3.21. The van der Waals surface area contributed by atoms with E-state index in [0.717, 1.165) is 11.3 Å². The molecule has 32 heavy (non-hydrogen) atoms. The highest BCUT2D eigenvalue weighted by atomic mass is 32.2. The lowest BCUT2D eigenvalue weighted by Crippen LogP contribution is -2.20. The third kappa shape index (κ3) is 5.41. The topological polar surface area (TPSA) is 91.7 Å². The Morgan fingerprint density at radius 1 is 1.12 bits per heavy atom. The zero-order valence-electron chi connectivity index (χ0n) is 19.3. The number of hydrogen-bond donors (Lipinski definition) is 0. The molecule has 8 heteroatoms. The van der Waals surface area contributed by atoms with Crippen molar-refractivity contribution in [2.75, 3.05) is 24.7 Å². The van der Waals surface area contributed by atoms with Gasteiger partial charge in [0.2, 0.25) is 5.78 Å². The predicted octanol–water partition coefficient (Wildman–Crippen LogP) is 3.70. The lowest BCUT2D eigenvalue weighted by molar-refractivity contribution is -0.144. The molecule has 1 aromatic heterocycles. The van der Waals surface area contributed by atoms with Crippen LogP contribution in [0.25, 0.3) is 0 Å². The van der Waals surface area contributed by atoms with Gasteiger partial charge in [0.25, 0.3) is 0 Å². The maximum atomic E-state index is 12.6. The third-order valence-electron chi connectivity index (χ3n) is 5.94. The van der Waals surface area contributed by atoms with Crippen LogP contribution in [0.1, 0.15) is 65.1 Å². The molecule has 1 fully saturated rings. The first-order valence-electron chi connectivity index (χ1n) is 10.8. The standard InChI is InChI=1S/C24H31NO6S/c1-15(2)21-7-6-20(10-16(21)3)30-13-24(27)31-12-23(26)22-11-17(4)25(18(22)5)19-8-9-32(28,29)14-19/h6-7,10-11,15,19H,8-9,12-14H2,1-5H3. The Morgan fingerprint density at radius 3 is 2.44 bits per heavy atom. The Morgan fingerprint density at radius 2 is 1.84 bits per heavy atom. The minimum Gasteiger partial charge on any atom is -0.482 e. The van der Waals surface area contributed by atoms with Crippen LogP contribution in [0.15, 0.2) is 24.3 Å². The number of carbonyl (C=O) groups excluding carboxylic acids is 2. The number of aromatic nitrogens is 1. The highest BCUT2D eigenvalue weighted by Crippen LogP contribution is 2.29. The molecule has 3 rings (SSSR count). The van der Waals surface area contributed by atoms with Crippen LogP contribution in [0.4, 0.5) is 0 Å². The van der Waals surface area contributed by atoms with Gasteiger partial charge in [0.05, 0.1) is 11.5 Å². The van der Waals surface area contributed by atoms with Crippen LogP contribution in [0.3, 0.4) is 0 Å². The van der Waals surface area contributed by atoms with Crippen molar-refractivity contribution in [3.05, 3.63) is 52.3 Å². The maximum absolute atomic E-state index is 12.6. The number of aryl methyl sites for hydroxylation is 2. The fourth-order valence-electron chi connectivity index (χ4n) is 4.39. The van der Waals surface area contributed by atoms with Crippen LogP contribution >= 0.6 is 0 Å². The minimum absolute atomic E-state index is 0.0843. The lowest BCUT2D eigenvalue weighted by Gasteiger charge is -2.16. The van der Waals surface area contributed by atoms with Crippen molar-refractivity contribution < 1.29 is 27.5 Å². The van der Waals surface area contributed by atoms with Gasteiger partial charge in [-0.3, -0.25) is 4.79 Å². The smallest absolute Gasteiger partial charge is 0.344 e. The highest BCUT2D eigenvalue weighted by Gasteiger charge is 2.31. The molecular weight excluding hydrogens is 430 g/mol. The van der Waals surface area contributed by atoms with E-state index in [1.807, 2.05) is 36.6 Å². The van der Waals surface area contributed by atoms with Gasteiger partial charge >= 0.3 is 5.97 Å². The largest absolute Gasteiger partial charge is 0.482 e. The molecule has 1 aliphatic heterocycles. The number of hydrogen-bond acceptors (Lipinski definition) is 6. The molecule has 2 aromatic rings. The van der Waals surface area contributed by atoms with Gasteiger partial charge in [-0.25, -0.2) is 13.2 Å². The van der Waals surface area contributed by atoms with Crippen LogP contribution in [0.2, 0.25) is 0 Å². The van der Waals surface area contributed by atoms with E-state index in [1.165, 1.54) is 5.56 Å². The first-order chi connectivity index (χ1) is 15.0. The molecule has 7 nitrogen and oxygen atoms in total.